The lowest BCUT2D eigenvalue weighted by Crippen LogP contribution is -2.04. The standard InChI is InChI=1S/C12H10Cl2N2O3S/c13-9-5-6(15)1-2-7(9)8-3-4-10(16)11(14)12(8)20(17,18)19/h1-5H,15-16H2,(H,17,18,19). The Morgan fingerprint density at radius 2 is 1.60 bits per heavy atom. The first kappa shape index (κ1) is 14.9. The lowest BCUT2D eigenvalue weighted by atomic mass is 10.0. The van der Waals surface area contributed by atoms with Crippen molar-refractivity contribution >= 4 is 44.7 Å². The molecule has 8 heteroatoms. The Morgan fingerprint density at radius 3 is 2.15 bits per heavy atom. The third kappa shape index (κ3) is 2.69. The van der Waals surface area contributed by atoms with Gasteiger partial charge in [0.15, 0.2) is 0 Å². The summed E-state index contributed by atoms with van der Waals surface area (Å²) in [6.07, 6.45) is 0. The predicted molar refractivity (Wildman–Crippen MR) is 80.5 cm³/mol. The van der Waals surface area contributed by atoms with Crippen LogP contribution in [0.3, 0.4) is 0 Å². The molecule has 0 radical (unpaired) electrons. The molecule has 2 rings (SSSR count). The second-order valence-corrected chi connectivity index (χ2v) is 6.20. The second-order valence-electron chi connectivity index (χ2n) is 4.06. The number of rotatable bonds is 2. The molecule has 2 aromatic rings. The Morgan fingerprint density at radius 1 is 1.00 bits per heavy atom. The van der Waals surface area contributed by atoms with E-state index in [2.05, 4.69) is 0 Å². The third-order valence-electron chi connectivity index (χ3n) is 2.67. The van der Waals surface area contributed by atoms with E-state index < -0.39 is 15.0 Å². The topological polar surface area (TPSA) is 106 Å². The van der Waals surface area contributed by atoms with Crippen LogP contribution in [0.2, 0.25) is 10.0 Å². The minimum absolute atomic E-state index is 0.0367. The Kier molecular flexibility index (Phi) is 3.84. The Labute approximate surface area is 125 Å². The van der Waals surface area contributed by atoms with Gasteiger partial charge in [0, 0.05) is 16.8 Å². The van der Waals surface area contributed by atoms with E-state index in [-0.39, 0.29) is 21.3 Å². The van der Waals surface area contributed by atoms with Crippen LogP contribution >= 0.6 is 23.2 Å². The Hall–Kier alpha value is -1.47. The van der Waals surface area contributed by atoms with Gasteiger partial charge in [-0.2, -0.15) is 8.42 Å². The largest absolute Gasteiger partial charge is 0.399 e. The maximum absolute atomic E-state index is 11.5. The molecule has 0 aromatic heterocycles. The summed E-state index contributed by atoms with van der Waals surface area (Å²) in [6.45, 7) is 0. The van der Waals surface area contributed by atoms with Gasteiger partial charge in [0.1, 0.15) is 4.90 Å². The predicted octanol–water partition coefficient (Wildman–Crippen LogP) is 3.07. The second kappa shape index (κ2) is 5.14. The zero-order valence-corrected chi connectivity index (χ0v) is 12.3. The highest BCUT2D eigenvalue weighted by Gasteiger charge is 2.23. The molecule has 0 bridgehead atoms. The van der Waals surface area contributed by atoms with Gasteiger partial charge in [-0.1, -0.05) is 35.3 Å². The molecule has 0 aliphatic heterocycles. The number of nitrogen functional groups attached to an aromatic ring is 2. The molecule has 0 unspecified atom stereocenters. The van der Waals surface area contributed by atoms with E-state index in [0.717, 1.165) is 0 Å². The number of benzene rings is 2. The van der Waals surface area contributed by atoms with Crippen molar-refractivity contribution in [2.45, 2.75) is 4.90 Å². The highest BCUT2D eigenvalue weighted by Crippen LogP contribution is 2.39. The van der Waals surface area contributed by atoms with Gasteiger partial charge >= 0.3 is 0 Å². The maximum Gasteiger partial charge on any atom is 0.296 e. The summed E-state index contributed by atoms with van der Waals surface area (Å²) in [5.41, 5.74) is 12.1. The summed E-state index contributed by atoms with van der Waals surface area (Å²) in [6, 6.07) is 7.41. The van der Waals surface area contributed by atoms with E-state index in [0.29, 0.717) is 11.3 Å². The monoisotopic (exact) mass is 332 g/mol. The minimum Gasteiger partial charge on any atom is -0.399 e. The van der Waals surface area contributed by atoms with E-state index in [1.165, 1.54) is 24.3 Å². The summed E-state index contributed by atoms with van der Waals surface area (Å²) < 4.78 is 32.4. The summed E-state index contributed by atoms with van der Waals surface area (Å²) >= 11 is 11.9. The van der Waals surface area contributed by atoms with E-state index in [9.17, 15) is 13.0 Å². The average Bonchev–Trinajstić information content (AvgIpc) is 2.31. The number of hydrogen-bond acceptors (Lipinski definition) is 4. The molecule has 0 fully saturated rings. The number of hydrogen-bond donors (Lipinski definition) is 3. The fourth-order valence-electron chi connectivity index (χ4n) is 1.79. The van der Waals surface area contributed by atoms with Crippen LogP contribution in [0.1, 0.15) is 0 Å². The van der Waals surface area contributed by atoms with Crippen LogP contribution in [0.25, 0.3) is 11.1 Å². The average molecular weight is 333 g/mol. The molecule has 0 saturated heterocycles. The molecule has 0 spiro atoms. The van der Waals surface area contributed by atoms with Crippen molar-refractivity contribution in [2.24, 2.45) is 0 Å². The molecule has 0 atom stereocenters. The summed E-state index contributed by atoms with van der Waals surface area (Å²) in [5, 5.41) is -0.0198. The van der Waals surface area contributed by atoms with Gasteiger partial charge in [-0.05, 0) is 18.2 Å². The van der Waals surface area contributed by atoms with Crippen molar-refractivity contribution in [3.05, 3.63) is 40.4 Å². The smallest absolute Gasteiger partial charge is 0.296 e. The highest BCUT2D eigenvalue weighted by atomic mass is 35.5. The van der Waals surface area contributed by atoms with Crippen LogP contribution in [-0.4, -0.2) is 13.0 Å². The first-order chi connectivity index (χ1) is 9.21. The van der Waals surface area contributed by atoms with Crippen LogP contribution in [-0.2, 0) is 10.1 Å². The Bertz CT molecular complexity index is 792. The van der Waals surface area contributed by atoms with Crippen molar-refractivity contribution in [1.29, 1.82) is 0 Å². The molecule has 2 aromatic carbocycles. The molecule has 0 aliphatic rings. The SMILES string of the molecule is Nc1ccc(-c2ccc(N)c(Cl)c2S(=O)(=O)O)c(Cl)c1. The molecule has 0 heterocycles. The molecule has 0 aliphatic carbocycles. The number of halogens is 2. The van der Waals surface area contributed by atoms with Crippen LogP contribution in [0.15, 0.2) is 35.2 Å². The van der Waals surface area contributed by atoms with Gasteiger partial charge in [-0.3, -0.25) is 4.55 Å². The fourth-order valence-corrected chi connectivity index (χ4v) is 3.33. The maximum atomic E-state index is 11.5. The van der Waals surface area contributed by atoms with Crippen molar-refractivity contribution in [2.75, 3.05) is 11.5 Å². The van der Waals surface area contributed by atoms with Crippen molar-refractivity contribution in [3.8, 4) is 11.1 Å². The minimum atomic E-state index is -4.56. The van der Waals surface area contributed by atoms with Crippen molar-refractivity contribution < 1.29 is 13.0 Å². The third-order valence-corrected chi connectivity index (χ3v) is 4.44. The zero-order chi connectivity index (χ0) is 15.1. The molecule has 5 N–H and O–H groups in total. The molecular formula is C12H10Cl2N2O3S. The van der Waals surface area contributed by atoms with Gasteiger partial charge in [0.2, 0.25) is 0 Å². The lowest BCUT2D eigenvalue weighted by molar-refractivity contribution is 0.483. The van der Waals surface area contributed by atoms with Crippen LogP contribution in [0, 0.1) is 0 Å². The summed E-state index contributed by atoms with van der Waals surface area (Å²) in [4.78, 5) is -0.481. The van der Waals surface area contributed by atoms with Gasteiger partial charge in [0.25, 0.3) is 10.1 Å². The molecule has 0 amide bonds. The summed E-state index contributed by atoms with van der Waals surface area (Å²) in [7, 11) is -4.56. The molecule has 5 nitrogen and oxygen atoms in total. The first-order valence-corrected chi connectivity index (χ1v) is 7.52. The normalized spacial score (nSPS) is 11.6. The van der Waals surface area contributed by atoms with E-state index in [1.807, 2.05) is 0 Å². The lowest BCUT2D eigenvalue weighted by Gasteiger charge is -2.12. The van der Waals surface area contributed by atoms with Crippen LogP contribution in [0.5, 0.6) is 0 Å². The first-order valence-electron chi connectivity index (χ1n) is 5.32. The van der Waals surface area contributed by atoms with E-state index in [1.54, 1.807) is 6.07 Å². The van der Waals surface area contributed by atoms with Gasteiger partial charge in [-0.25, -0.2) is 0 Å². The van der Waals surface area contributed by atoms with Crippen LogP contribution < -0.4 is 11.5 Å². The van der Waals surface area contributed by atoms with Gasteiger partial charge in [0.05, 0.1) is 15.7 Å². The highest BCUT2D eigenvalue weighted by molar-refractivity contribution is 7.86. The van der Waals surface area contributed by atoms with Crippen molar-refractivity contribution in [1.82, 2.24) is 0 Å². The Balaban J connectivity index is 2.85. The molecular weight excluding hydrogens is 323 g/mol. The van der Waals surface area contributed by atoms with E-state index in [4.69, 9.17) is 34.7 Å². The molecule has 20 heavy (non-hydrogen) atoms. The van der Waals surface area contributed by atoms with Gasteiger partial charge < -0.3 is 11.5 Å². The molecule has 0 saturated carbocycles. The van der Waals surface area contributed by atoms with Crippen molar-refractivity contribution in [3.63, 3.8) is 0 Å². The number of nitrogens with two attached hydrogens (primary N) is 2. The summed E-state index contributed by atoms with van der Waals surface area (Å²) in [5.74, 6) is 0. The van der Waals surface area contributed by atoms with E-state index >= 15 is 0 Å². The van der Waals surface area contributed by atoms with Gasteiger partial charge in [-0.15, -0.1) is 0 Å². The van der Waals surface area contributed by atoms with Crippen LogP contribution in [0.4, 0.5) is 11.4 Å². The quantitative estimate of drug-likeness (QED) is 0.578. The molecule has 106 valence electrons. The fraction of sp³-hybridized carbons (Fsp3) is 0. The zero-order valence-electron chi connectivity index (χ0n) is 9.97. The number of anilines is 2.